The van der Waals surface area contributed by atoms with E-state index in [1.807, 2.05) is 0 Å². The number of nitrogens with one attached hydrogen (secondary N) is 3. The van der Waals surface area contributed by atoms with E-state index in [0.29, 0.717) is 5.69 Å². The SMILES string of the molecule is CC(C)C(=O)N[C@@H](NC(=S)Nc1cccc(C(=O)O)c1)C(Cl)(Cl)Cl. The zero-order valence-corrected chi connectivity index (χ0v) is 15.9. The molecule has 0 aliphatic heterocycles. The van der Waals surface area contributed by atoms with Gasteiger partial charge in [-0.3, -0.25) is 4.79 Å². The molecule has 0 aliphatic carbocycles. The van der Waals surface area contributed by atoms with Gasteiger partial charge in [-0.25, -0.2) is 4.79 Å². The topological polar surface area (TPSA) is 90.5 Å². The van der Waals surface area contributed by atoms with E-state index in [1.165, 1.54) is 12.1 Å². The van der Waals surface area contributed by atoms with Crippen LogP contribution in [0.25, 0.3) is 0 Å². The van der Waals surface area contributed by atoms with E-state index >= 15 is 0 Å². The van der Waals surface area contributed by atoms with Gasteiger partial charge in [-0.2, -0.15) is 0 Å². The summed E-state index contributed by atoms with van der Waals surface area (Å²) in [5.74, 6) is -1.70. The van der Waals surface area contributed by atoms with Gasteiger partial charge in [0.15, 0.2) is 5.11 Å². The van der Waals surface area contributed by atoms with Crippen molar-refractivity contribution >= 4 is 69.7 Å². The largest absolute Gasteiger partial charge is 0.478 e. The zero-order chi connectivity index (χ0) is 18.5. The summed E-state index contributed by atoms with van der Waals surface area (Å²) in [7, 11) is 0. The lowest BCUT2D eigenvalue weighted by molar-refractivity contribution is -0.124. The Labute approximate surface area is 159 Å². The lowest BCUT2D eigenvalue weighted by atomic mass is 10.2. The van der Waals surface area contributed by atoms with Gasteiger partial charge >= 0.3 is 5.97 Å². The van der Waals surface area contributed by atoms with Crippen LogP contribution in [0.2, 0.25) is 0 Å². The molecule has 1 amide bonds. The number of halogens is 3. The lowest BCUT2D eigenvalue weighted by Crippen LogP contribution is -2.56. The quantitative estimate of drug-likeness (QED) is 0.337. The number of benzene rings is 1. The second-order valence-corrected chi connectivity index (χ2v) is 7.90. The molecule has 0 spiro atoms. The fourth-order valence-electron chi connectivity index (χ4n) is 1.54. The van der Waals surface area contributed by atoms with Gasteiger partial charge in [0.1, 0.15) is 6.17 Å². The molecule has 4 N–H and O–H groups in total. The maximum atomic E-state index is 11.8. The third kappa shape index (κ3) is 6.68. The summed E-state index contributed by atoms with van der Waals surface area (Å²) in [6.45, 7) is 3.39. The van der Waals surface area contributed by atoms with Crippen LogP contribution in [0.5, 0.6) is 0 Å². The second kappa shape index (κ2) is 8.71. The highest BCUT2D eigenvalue weighted by atomic mass is 35.6. The van der Waals surface area contributed by atoms with Gasteiger partial charge in [0, 0.05) is 11.6 Å². The minimum Gasteiger partial charge on any atom is -0.478 e. The summed E-state index contributed by atoms with van der Waals surface area (Å²) in [4.78, 5) is 22.8. The summed E-state index contributed by atoms with van der Waals surface area (Å²) in [5, 5.41) is 17.0. The summed E-state index contributed by atoms with van der Waals surface area (Å²) in [6.07, 6.45) is -1.07. The molecular weight excluding hydrogens is 397 g/mol. The maximum absolute atomic E-state index is 11.8. The van der Waals surface area contributed by atoms with Gasteiger partial charge in [-0.1, -0.05) is 54.7 Å². The number of hydrogen-bond donors (Lipinski definition) is 4. The highest BCUT2D eigenvalue weighted by Gasteiger charge is 2.35. The van der Waals surface area contributed by atoms with E-state index in [1.54, 1.807) is 26.0 Å². The van der Waals surface area contributed by atoms with Gasteiger partial charge in [0.05, 0.1) is 5.56 Å². The molecule has 24 heavy (non-hydrogen) atoms. The van der Waals surface area contributed by atoms with Crippen LogP contribution < -0.4 is 16.0 Å². The monoisotopic (exact) mass is 411 g/mol. The molecule has 0 unspecified atom stereocenters. The number of rotatable bonds is 5. The number of carboxylic acid groups (broad SMARTS) is 1. The number of carbonyl (C=O) groups is 2. The number of aromatic carboxylic acids is 1. The average molecular weight is 413 g/mol. The van der Waals surface area contributed by atoms with Gasteiger partial charge < -0.3 is 21.1 Å². The Bertz CT molecular complexity index is 635. The molecule has 0 saturated heterocycles. The summed E-state index contributed by atoms with van der Waals surface area (Å²) in [5.41, 5.74) is 0.527. The van der Waals surface area contributed by atoms with Crippen LogP contribution >= 0.6 is 47.0 Å². The highest BCUT2D eigenvalue weighted by Crippen LogP contribution is 2.29. The van der Waals surface area contributed by atoms with Gasteiger partial charge in [0.25, 0.3) is 0 Å². The molecule has 1 aromatic carbocycles. The molecule has 0 bridgehead atoms. The van der Waals surface area contributed by atoms with Crippen LogP contribution in [-0.4, -0.2) is 32.1 Å². The molecule has 0 aliphatic rings. The molecule has 0 heterocycles. The van der Waals surface area contributed by atoms with Crippen LogP contribution in [0.15, 0.2) is 24.3 Å². The van der Waals surface area contributed by atoms with E-state index in [0.717, 1.165) is 0 Å². The Morgan fingerprint density at radius 1 is 1.21 bits per heavy atom. The first-order valence-corrected chi connectivity index (χ1v) is 8.33. The molecule has 1 rings (SSSR count). The van der Waals surface area contributed by atoms with Crippen molar-refractivity contribution in [2.24, 2.45) is 5.92 Å². The van der Waals surface area contributed by atoms with Crippen molar-refractivity contribution in [1.29, 1.82) is 0 Å². The molecule has 0 saturated carbocycles. The van der Waals surface area contributed by atoms with Crippen molar-refractivity contribution in [3.05, 3.63) is 29.8 Å². The Hall–Kier alpha value is -1.28. The maximum Gasteiger partial charge on any atom is 0.335 e. The smallest absolute Gasteiger partial charge is 0.335 e. The zero-order valence-electron chi connectivity index (χ0n) is 12.8. The molecule has 10 heteroatoms. The average Bonchev–Trinajstić information content (AvgIpc) is 2.45. The number of amides is 1. The second-order valence-electron chi connectivity index (χ2n) is 5.12. The summed E-state index contributed by atoms with van der Waals surface area (Å²) in [6, 6.07) is 6.02. The first kappa shape index (κ1) is 20.8. The molecule has 1 aromatic rings. The summed E-state index contributed by atoms with van der Waals surface area (Å²) < 4.78 is -1.85. The highest BCUT2D eigenvalue weighted by molar-refractivity contribution is 7.80. The van der Waals surface area contributed by atoms with E-state index in [4.69, 9.17) is 52.1 Å². The Morgan fingerprint density at radius 3 is 2.33 bits per heavy atom. The standard InChI is InChI=1S/C14H16Cl3N3O3S/c1-7(2)10(21)19-12(14(15,16)17)20-13(24)18-9-5-3-4-8(6-9)11(22)23/h3-7,12H,1-2H3,(H,19,21)(H,22,23)(H2,18,20,24)/t12-/m0/s1. The molecule has 0 aromatic heterocycles. The Balaban J connectivity index is 2.80. The van der Waals surface area contributed by atoms with Crippen LogP contribution in [0.3, 0.4) is 0 Å². The van der Waals surface area contributed by atoms with Crippen molar-refractivity contribution in [2.45, 2.75) is 23.8 Å². The minimum atomic E-state index is -1.85. The molecule has 132 valence electrons. The molecule has 6 nitrogen and oxygen atoms in total. The summed E-state index contributed by atoms with van der Waals surface area (Å²) >= 11 is 22.7. The Kier molecular flexibility index (Phi) is 7.54. The number of carboxylic acids is 1. The van der Waals surface area contributed by atoms with Crippen molar-refractivity contribution in [3.63, 3.8) is 0 Å². The lowest BCUT2D eigenvalue weighted by Gasteiger charge is -2.28. The first-order chi connectivity index (χ1) is 11.0. The predicted molar refractivity (Wildman–Crippen MR) is 99.8 cm³/mol. The number of hydrogen-bond acceptors (Lipinski definition) is 3. The van der Waals surface area contributed by atoms with Gasteiger partial charge in [0.2, 0.25) is 9.70 Å². The van der Waals surface area contributed by atoms with Gasteiger partial charge in [-0.15, -0.1) is 0 Å². The minimum absolute atomic E-state index is 0.0536. The fourth-order valence-corrected chi connectivity index (χ4v) is 2.10. The molecule has 0 radical (unpaired) electrons. The number of anilines is 1. The fraction of sp³-hybridized carbons (Fsp3) is 0.357. The van der Waals surface area contributed by atoms with E-state index in [9.17, 15) is 9.59 Å². The van der Waals surface area contributed by atoms with Crippen molar-refractivity contribution in [3.8, 4) is 0 Å². The normalized spacial score (nSPS) is 12.4. The van der Waals surface area contributed by atoms with Crippen LogP contribution in [0, 0.1) is 5.92 Å². The number of thiocarbonyl (C=S) groups is 1. The molecular formula is C14H16Cl3N3O3S. The van der Waals surface area contributed by atoms with Gasteiger partial charge in [-0.05, 0) is 30.4 Å². The van der Waals surface area contributed by atoms with E-state index in [-0.39, 0.29) is 22.5 Å². The van der Waals surface area contributed by atoms with Crippen molar-refractivity contribution < 1.29 is 14.7 Å². The van der Waals surface area contributed by atoms with Crippen LogP contribution in [0.1, 0.15) is 24.2 Å². The number of alkyl halides is 3. The van der Waals surface area contributed by atoms with Crippen LogP contribution in [0.4, 0.5) is 5.69 Å². The third-order valence-corrected chi connectivity index (χ3v) is 3.66. The van der Waals surface area contributed by atoms with Crippen molar-refractivity contribution in [2.75, 3.05) is 5.32 Å². The first-order valence-electron chi connectivity index (χ1n) is 6.78. The van der Waals surface area contributed by atoms with Crippen LogP contribution in [-0.2, 0) is 4.79 Å². The van der Waals surface area contributed by atoms with E-state index < -0.39 is 15.9 Å². The third-order valence-electron chi connectivity index (χ3n) is 2.78. The van der Waals surface area contributed by atoms with Crippen molar-refractivity contribution in [1.82, 2.24) is 10.6 Å². The Morgan fingerprint density at radius 2 is 1.83 bits per heavy atom. The number of carbonyl (C=O) groups excluding carboxylic acids is 1. The predicted octanol–water partition coefficient (Wildman–Crippen LogP) is 3.14. The van der Waals surface area contributed by atoms with E-state index in [2.05, 4.69) is 16.0 Å². The molecule has 0 fully saturated rings. The molecule has 1 atom stereocenters.